The second-order valence-electron chi connectivity index (χ2n) is 10.3. The third-order valence-corrected chi connectivity index (χ3v) is 6.61. The largest absolute Gasteiger partial charge is 2.00 e. The van der Waals surface area contributed by atoms with Gasteiger partial charge >= 0.3 is 59.9 Å². The van der Waals surface area contributed by atoms with Gasteiger partial charge in [-0.2, -0.15) is 24.3 Å². The molecule has 0 spiro atoms. The van der Waals surface area contributed by atoms with E-state index in [-0.39, 0.29) is 27.8 Å². The SMILES string of the molecule is CC(=Nc1c(C)cccc1C)C([C-]=Nc1c(C)cccc1C)=Nc1c(C)cccc1C.CN(C)c1[c-]cccc1.[Br][Co][Br].[CH3+].[Pd+2]. The first kappa shape index (κ1) is 42.7. The van der Waals surface area contributed by atoms with Crippen LogP contribution in [0.1, 0.15) is 40.3 Å². The quantitative estimate of drug-likeness (QED) is 0.108. The second-order valence-corrected chi connectivity index (χ2v) is 15.5. The van der Waals surface area contributed by atoms with Crippen LogP contribution in [0.15, 0.2) is 93.8 Å². The molecule has 0 fully saturated rings. The Balaban J connectivity index is 0.00000117. The normalized spacial score (nSPS) is 11.0. The van der Waals surface area contributed by atoms with Crippen LogP contribution in [0, 0.1) is 55.0 Å². The number of benzene rings is 4. The van der Waals surface area contributed by atoms with Gasteiger partial charge in [0.2, 0.25) is 0 Å². The van der Waals surface area contributed by atoms with Crippen LogP contribution in [-0.4, -0.2) is 31.7 Å². The van der Waals surface area contributed by atoms with Gasteiger partial charge in [0.05, 0.1) is 11.4 Å². The van der Waals surface area contributed by atoms with E-state index in [2.05, 4.69) is 131 Å². The minimum absolute atomic E-state index is 0. The maximum absolute atomic E-state index is 4.97. The van der Waals surface area contributed by atoms with Crippen molar-refractivity contribution in [2.24, 2.45) is 15.0 Å². The molecule has 0 radical (unpaired) electrons. The van der Waals surface area contributed by atoms with Gasteiger partial charge in [0.25, 0.3) is 0 Å². The molecule has 8 heteroatoms. The monoisotopic (exact) mass is 866 g/mol. The van der Waals surface area contributed by atoms with E-state index >= 15 is 0 Å². The maximum Gasteiger partial charge on any atom is 2.00 e. The van der Waals surface area contributed by atoms with Crippen LogP contribution in [0.25, 0.3) is 0 Å². The molecule has 0 saturated carbocycles. The zero-order valence-corrected chi connectivity index (χ0v) is 33.5. The van der Waals surface area contributed by atoms with Crippen LogP contribution in [-0.2, 0) is 31.5 Å². The molecule has 0 N–H and O–H groups in total. The summed E-state index contributed by atoms with van der Waals surface area (Å²) in [6, 6.07) is 29.6. The fourth-order valence-corrected chi connectivity index (χ4v) is 4.24. The molecule has 0 aliphatic rings. The smallest absolute Gasteiger partial charge is 0.0467 e. The first-order chi connectivity index (χ1) is 20.5. The van der Waals surface area contributed by atoms with Gasteiger partial charge in [0.15, 0.2) is 0 Å². The number of halogens is 2. The van der Waals surface area contributed by atoms with Gasteiger partial charge in [-0.1, -0.05) is 84.5 Å². The Kier molecular flexibility index (Phi) is 21.1. The molecule has 4 rings (SSSR count). The average molecular weight is 869 g/mol. The van der Waals surface area contributed by atoms with Gasteiger partial charge in [0.1, 0.15) is 0 Å². The standard InChI is InChI=1S/C28H30N3.C8H10N.CH3.2BrH.Co.Pd/c1-18-11-8-12-19(2)26(18)29-17-25(31-28-22(5)15-10-16-23(28)6)24(7)30-27-20(3)13-9-14-21(27)4;1-9(2)8-6-4-3-5-7-8;;;;;/h8-16H,1-7H3;3-6H,1-2H3;1H3;2*1H;;/q2*-1;+1;;;2*+2/p-2. The van der Waals surface area contributed by atoms with E-state index < -0.39 is 0 Å². The van der Waals surface area contributed by atoms with Gasteiger partial charge in [-0.05, 0) is 80.9 Å². The number of hydrogen-bond donors (Lipinski definition) is 0. The van der Waals surface area contributed by atoms with Crippen molar-refractivity contribution in [2.45, 2.75) is 48.5 Å². The van der Waals surface area contributed by atoms with Crippen molar-refractivity contribution in [1.29, 1.82) is 0 Å². The molecule has 4 nitrogen and oxygen atoms in total. The Morgan fingerprint density at radius 3 is 1.42 bits per heavy atom. The molecule has 4 aromatic carbocycles. The molecular formula is C37H43Br2CoN4Pd+. The van der Waals surface area contributed by atoms with Gasteiger partial charge in [-0.15, -0.1) is 6.07 Å². The van der Waals surface area contributed by atoms with Crippen molar-refractivity contribution in [1.82, 2.24) is 0 Å². The third kappa shape index (κ3) is 13.9. The van der Waals surface area contributed by atoms with E-state index in [0.29, 0.717) is 5.71 Å². The van der Waals surface area contributed by atoms with Crippen LogP contribution >= 0.6 is 28.3 Å². The molecule has 0 unspecified atom stereocenters. The van der Waals surface area contributed by atoms with Crippen LogP contribution < -0.4 is 4.90 Å². The molecule has 4 aromatic rings. The first-order valence-corrected chi connectivity index (χ1v) is 18.9. The van der Waals surface area contributed by atoms with E-state index in [1.165, 1.54) is 0 Å². The molecule has 0 heterocycles. The predicted molar refractivity (Wildman–Crippen MR) is 199 cm³/mol. The topological polar surface area (TPSA) is 40.3 Å². The average Bonchev–Trinajstić information content (AvgIpc) is 2.97. The number of rotatable bonds is 6. The molecule has 0 bridgehead atoms. The molecule has 0 saturated heterocycles. The molecule has 45 heavy (non-hydrogen) atoms. The number of aryl methyl sites for hydroxylation is 6. The molecule has 0 aliphatic heterocycles. The number of hydrogen-bond acceptors (Lipinski definition) is 4. The summed E-state index contributed by atoms with van der Waals surface area (Å²) in [6.07, 6.45) is 3.22. The van der Waals surface area contributed by atoms with Gasteiger partial charge in [-0.3, -0.25) is 4.99 Å². The number of para-hydroxylation sites is 4. The summed E-state index contributed by atoms with van der Waals surface area (Å²) in [5.41, 5.74) is 12.1. The molecule has 0 aliphatic carbocycles. The third-order valence-electron chi connectivity index (χ3n) is 6.61. The Labute approximate surface area is 306 Å². The summed E-state index contributed by atoms with van der Waals surface area (Å²) < 4.78 is 0. The maximum atomic E-state index is 4.97. The van der Waals surface area contributed by atoms with Crippen molar-refractivity contribution >= 4 is 68.7 Å². The minimum atomic E-state index is 0. The zero-order valence-electron chi connectivity index (χ0n) is 27.7. The predicted octanol–water partition coefficient (Wildman–Crippen LogP) is 11.4. The minimum Gasteiger partial charge on any atom is 0.0467 e. The Morgan fingerprint density at radius 1 is 0.667 bits per heavy atom. The van der Waals surface area contributed by atoms with E-state index in [1.807, 2.05) is 56.3 Å². The molecule has 243 valence electrons. The second kappa shape index (κ2) is 22.3. The van der Waals surface area contributed by atoms with E-state index in [9.17, 15) is 0 Å². The zero-order chi connectivity index (χ0) is 31.9. The van der Waals surface area contributed by atoms with Crippen LogP contribution in [0.2, 0.25) is 0 Å². The van der Waals surface area contributed by atoms with Crippen molar-refractivity contribution in [3.8, 4) is 0 Å². The summed E-state index contributed by atoms with van der Waals surface area (Å²) >= 11 is 7.12. The van der Waals surface area contributed by atoms with E-state index in [4.69, 9.17) is 15.0 Å². The molecule has 0 amide bonds. The number of aliphatic imine (C=N–C) groups is 3. The first-order valence-electron chi connectivity index (χ1n) is 13.8. The molecule has 0 atom stereocenters. The fraction of sp³-hybridized carbons (Fsp3) is 0.243. The van der Waals surface area contributed by atoms with Crippen LogP contribution in [0.3, 0.4) is 0 Å². The van der Waals surface area contributed by atoms with Gasteiger partial charge in [-0.25, -0.2) is 0 Å². The van der Waals surface area contributed by atoms with Crippen molar-refractivity contribution in [2.75, 3.05) is 19.0 Å². The fourth-order valence-electron chi connectivity index (χ4n) is 4.24. The molecular weight excluding hydrogens is 826 g/mol. The van der Waals surface area contributed by atoms with E-state index in [0.717, 1.165) is 73.0 Å². The summed E-state index contributed by atoms with van der Waals surface area (Å²) in [4.78, 5) is 16.6. The van der Waals surface area contributed by atoms with Gasteiger partial charge < -0.3 is 14.9 Å². The summed E-state index contributed by atoms with van der Waals surface area (Å²) in [5.74, 6) is 0. The Bertz CT molecular complexity index is 1510. The van der Waals surface area contributed by atoms with Crippen molar-refractivity contribution in [3.63, 3.8) is 0 Å². The number of anilines is 1. The molecule has 0 aromatic heterocycles. The van der Waals surface area contributed by atoms with Crippen LogP contribution in [0.5, 0.6) is 0 Å². The number of nitrogens with zero attached hydrogens (tertiary/aromatic N) is 4. The summed E-state index contributed by atoms with van der Waals surface area (Å²) in [6.45, 7) is 14.4. The summed E-state index contributed by atoms with van der Waals surface area (Å²) in [5, 5.41) is 0. The van der Waals surface area contributed by atoms with Crippen molar-refractivity contribution < 1.29 is 31.5 Å². The van der Waals surface area contributed by atoms with Crippen LogP contribution in [0.4, 0.5) is 22.7 Å². The Hall–Kier alpha value is -2.31. The van der Waals surface area contributed by atoms with Gasteiger partial charge in [0, 0.05) is 21.5 Å². The van der Waals surface area contributed by atoms with E-state index in [1.54, 1.807) is 0 Å². The Morgan fingerprint density at radius 2 is 1.07 bits per heavy atom. The summed E-state index contributed by atoms with van der Waals surface area (Å²) in [7, 11) is 4.01. The van der Waals surface area contributed by atoms with Crippen molar-refractivity contribution in [3.05, 3.63) is 126 Å².